The SMILES string of the molecule is Cc1cccc(C)c1OCC(=O)N[C@@H](Cc1ccccc1)[C@@H](O)C[C@H](CC(C)C)NC(=O)[C@@H](NS(C)(=O)=O)C(C)C. The second-order valence-corrected chi connectivity index (χ2v) is 13.4. The quantitative estimate of drug-likeness (QED) is 0.238. The summed E-state index contributed by atoms with van der Waals surface area (Å²) < 4.78 is 32.0. The van der Waals surface area contributed by atoms with Crippen LogP contribution in [0.25, 0.3) is 0 Å². The van der Waals surface area contributed by atoms with Gasteiger partial charge in [0.15, 0.2) is 6.61 Å². The lowest BCUT2D eigenvalue weighted by Gasteiger charge is -2.30. The van der Waals surface area contributed by atoms with Gasteiger partial charge in [0.25, 0.3) is 5.91 Å². The van der Waals surface area contributed by atoms with Gasteiger partial charge in [0.1, 0.15) is 11.8 Å². The molecule has 9 nitrogen and oxygen atoms in total. The fourth-order valence-corrected chi connectivity index (χ4v) is 5.66. The fraction of sp³-hybridized carbons (Fsp3) is 0.548. The smallest absolute Gasteiger partial charge is 0.258 e. The molecule has 0 aliphatic rings. The highest BCUT2D eigenvalue weighted by Gasteiger charge is 2.30. The molecule has 0 radical (unpaired) electrons. The van der Waals surface area contributed by atoms with Gasteiger partial charge in [-0.3, -0.25) is 9.59 Å². The normalized spacial score (nSPS) is 14.8. The van der Waals surface area contributed by atoms with E-state index in [1.807, 2.05) is 76.2 Å². The Morgan fingerprint density at radius 2 is 1.51 bits per heavy atom. The first-order valence-electron chi connectivity index (χ1n) is 14.1. The Labute approximate surface area is 245 Å². The van der Waals surface area contributed by atoms with Crippen LogP contribution in [-0.4, -0.2) is 62.4 Å². The van der Waals surface area contributed by atoms with E-state index in [1.54, 1.807) is 13.8 Å². The molecule has 0 heterocycles. The zero-order valence-electron chi connectivity index (χ0n) is 25.3. The number of hydrogen-bond donors (Lipinski definition) is 4. The van der Waals surface area contributed by atoms with Crippen LogP contribution in [0, 0.1) is 25.7 Å². The van der Waals surface area contributed by atoms with Gasteiger partial charge in [0.05, 0.1) is 18.4 Å². The number of rotatable bonds is 16. The molecule has 2 rings (SSSR count). The summed E-state index contributed by atoms with van der Waals surface area (Å²) in [5.41, 5.74) is 2.79. The Hall–Kier alpha value is -2.95. The summed E-state index contributed by atoms with van der Waals surface area (Å²) in [4.78, 5) is 26.1. The van der Waals surface area contributed by atoms with Crippen LogP contribution in [-0.2, 0) is 26.0 Å². The van der Waals surface area contributed by atoms with Crippen LogP contribution >= 0.6 is 0 Å². The van der Waals surface area contributed by atoms with Gasteiger partial charge in [0, 0.05) is 6.04 Å². The monoisotopic (exact) mass is 589 g/mol. The number of carbonyl (C=O) groups is 2. The first kappa shape index (κ1) is 34.3. The molecule has 2 aromatic carbocycles. The van der Waals surface area contributed by atoms with Gasteiger partial charge in [-0.05, 0) is 61.6 Å². The van der Waals surface area contributed by atoms with Crippen LogP contribution in [0.2, 0.25) is 0 Å². The minimum atomic E-state index is -3.61. The van der Waals surface area contributed by atoms with Crippen molar-refractivity contribution < 1.29 is 27.9 Å². The topological polar surface area (TPSA) is 134 Å². The van der Waals surface area contributed by atoms with Gasteiger partial charge >= 0.3 is 0 Å². The van der Waals surface area contributed by atoms with Crippen LogP contribution in [0.5, 0.6) is 5.75 Å². The van der Waals surface area contributed by atoms with E-state index in [-0.39, 0.29) is 30.8 Å². The lowest BCUT2D eigenvalue weighted by Crippen LogP contribution is -2.54. The van der Waals surface area contributed by atoms with E-state index < -0.39 is 40.2 Å². The number of aliphatic hydroxyl groups excluding tert-OH is 1. The highest BCUT2D eigenvalue weighted by Crippen LogP contribution is 2.22. The molecular formula is C31H47N3O6S. The largest absolute Gasteiger partial charge is 0.483 e. The van der Waals surface area contributed by atoms with Crippen LogP contribution < -0.4 is 20.1 Å². The summed E-state index contributed by atoms with van der Waals surface area (Å²) >= 11 is 0. The number of ether oxygens (including phenoxy) is 1. The zero-order valence-corrected chi connectivity index (χ0v) is 26.1. The molecule has 41 heavy (non-hydrogen) atoms. The molecule has 0 bridgehead atoms. The Bertz CT molecular complexity index is 1210. The minimum Gasteiger partial charge on any atom is -0.483 e. The summed E-state index contributed by atoms with van der Waals surface area (Å²) in [5.74, 6) is -0.245. The third kappa shape index (κ3) is 12.2. The van der Waals surface area contributed by atoms with Crippen molar-refractivity contribution in [2.24, 2.45) is 11.8 Å². The first-order valence-corrected chi connectivity index (χ1v) is 16.0. The number of nitrogens with one attached hydrogen (secondary N) is 3. The highest BCUT2D eigenvalue weighted by molar-refractivity contribution is 7.88. The summed E-state index contributed by atoms with van der Waals surface area (Å²) in [6, 6.07) is 13.3. The average Bonchev–Trinajstić information content (AvgIpc) is 2.86. The standard InChI is InChI=1S/C31H47N3O6S/c1-20(2)16-25(32-31(37)29(21(3)4)34-41(7,38)39)18-27(35)26(17-24-14-9-8-10-15-24)33-28(36)19-40-30-22(5)12-11-13-23(30)6/h8-15,20-21,25-27,29,34-35H,16-19H2,1-7H3,(H,32,37)(H,33,36)/t25-,26-,27-,29-/m0/s1. The summed E-state index contributed by atoms with van der Waals surface area (Å²) in [7, 11) is -3.61. The minimum absolute atomic E-state index is 0.170. The van der Waals surface area contributed by atoms with E-state index in [4.69, 9.17) is 4.74 Å². The van der Waals surface area contributed by atoms with Crippen LogP contribution in [0.15, 0.2) is 48.5 Å². The van der Waals surface area contributed by atoms with Crippen LogP contribution in [0.3, 0.4) is 0 Å². The summed E-state index contributed by atoms with van der Waals surface area (Å²) in [5, 5.41) is 17.3. The highest BCUT2D eigenvalue weighted by atomic mass is 32.2. The van der Waals surface area contributed by atoms with E-state index in [9.17, 15) is 23.1 Å². The third-order valence-corrected chi connectivity index (χ3v) is 7.47. The number of aliphatic hydroxyl groups is 1. The molecule has 0 fully saturated rings. The van der Waals surface area contributed by atoms with E-state index in [2.05, 4.69) is 15.4 Å². The number of hydrogen-bond acceptors (Lipinski definition) is 6. The van der Waals surface area contributed by atoms with E-state index >= 15 is 0 Å². The molecule has 0 unspecified atom stereocenters. The van der Waals surface area contributed by atoms with Crippen molar-refractivity contribution in [1.82, 2.24) is 15.4 Å². The zero-order chi connectivity index (χ0) is 30.7. The van der Waals surface area contributed by atoms with Gasteiger partial charge in [-0.15, -0.1) is 0 Å². The molecule has 0 aliphatic carbocycles. The number of carbonyl (C=O) groups excluding carboxylic acids is 2. The number of sulfonamides is 1. The molecule has 2 amide bonds. The molecule has 4 atom stereocenters. The van der Waals surface area contributed by atoms with E-state index in [0.29, 0.717) is 18.6 Å². The Kier molecular flexibility index (Phi) is 13.3. The lowest BCUT2D eigenvalue weighted by molar-refractivity contribution is -0.126. The second-order valence-electron chi connectivity index (χ2n) is 11.6. The predicted molar refractivity (Wildman–Crippen MR) is 162 cm³/mol. The molecule has 0 aromatic heterocycles. The second kappa shape index (κ2) is 15.9. The molecule has 0 saturated heterocycles. The van der Waals surface area contributed by atoms with Crippen LogP contribution in [0.4, 0.5) is 0 Å². The maximum Gasteiger partial charge on any atom is 0.258 e. The van der Waals surface area contributed by atoms with Crippen molar-refractivity contribution in [2.75, 3.05) is 12.9 Å². The molecule has 4 N–H and O–H groups in total. The molecule has 0 spiro atoms. The van der Waals surface area contributed by atoms with Gasteiger partial charge in [-0.1, -0.05) is 76.2 Å². The Morgan fingerprint density at radius 3 is 2.05 bits per heavy atom. The van der Waals surface area contributed by atoms with Gasteiger partial charge in [-0.25, -0.2) is 13.1 Å². The van der Waals surface area contributed by atoms with Crippen molar-refractivity contribution >= 4 is 21.8 Å². The summed E-state index contributed by atoms with van der Waals surface area (Å²) in [6.07, 6.45) is 1.14. The number of benzene rings is 2. The Balaban J connectivity index is 2.20. The Morgan fingerprint density at radius 1 is 0.902 bits per heavy atom. The van der Waals surface area contributed by atoms with Crippen molar-refractivity contribution in [3.63, 3.8) is 0 Å². The predicted octanol–water partition coefficient (Wildman–Crippen LogP) is 3.27. The molecule has 0 aliphatic heterocycles. The summed E-state index contributed by atoms with van der Waals surface area (Å²) in [6.45, 7) is 11.2. The van der Waals surface area contributed by atoms with Gasteiger partial charge in [-0.2, -0.15) is 0 Å². The third-order valence-electron chi connectivity index (χ3n) is 6.78. The number of aryl methyl sites for hydroxylation is 2. The van der Waals surface area contributed by atoms with Crippen LogP contribution in [0.1, 0.15) is 57.2 Å². The molecular weight excluding hydrogens is 542 g/mol. The van der Waals surface area contributed by atoms with Gasteiger partial charge < -0.3 is 20.5 Å². The van der Waals surface area contributed by atoms with Crippen molar-refractivity contribution in [3.05, 3.63) is 65.2 Å². The van der Waals surface area contributed by atoms with Crippen molar-refractivity contribution in [1.29, 1.82) is 0 Å². The van der Waals surface area contributed by atoms with Crippen molar-refractivity contribution in [3.8, 4) is 5.75 Å². The number of para-hydroxylation sites is 1. The maximum atomic E-state index is 13.1. The van der Waals surface area contributed by atoms with Crippen molar-refractivity contribution in [2.45, 2.75) is 85.0 Å². The first-order chi connectivity index (χ1) is 19.2. The van der Waals surface area contributed by atoms with Gasteiger partial charge in [0.2, 0.25) is 15.9 Å². The van der Waals surface area contributed by atoms with E-state index in [1.165, 1.54) is 0 Å². The fourth-order valence-electron chi connectivity index (χ4n) is 4.82. The van der Waals surface area contributed by atoms with E-state index in [0.717, 1.165) is 22.9 Å². The molecule has 10 heteroatoms. The molecule has 228 valence electrons. The maximum absolute atomic E-state index is 13.1. The lowest BCUT2D eigenvalue weighted by atomic mass is 9.92. The molecule has 2 aromatic rings. The number of amides is 2. The molecule has 0 saturated carbocycles. The average molecular weight is 590 g/mol.